The Morgan fingerprint density at radius 1 is 1.04 bits per heavy atom. The summed E-state index contributed by atoms with van der Waals surface area (Å²) < 4.78 is 6.59. The fourth-order valence-electron chi connectivity index (χ4n) is 3.52. The van der Waals surface area contributed by atoms with E-state index >= 15 is 0 Å². The van der Waals surface area contributed by atoms with Gasteiger partial charge in [0.05, 0.1) is 12.2 Å². The Bertz CT molecular complexity index is 413. The van der Waals surface area contributed by atoms with Crippen molar-refractivity contribution in [3.05, 3.63) is 0 Å². The third kappa shape index (κ3) is 5.88. The van der Waals surface area contributed by atoms with Gasteiger partial charge in [-0.2, -0.15) is 0 Å². The minimum atomic E-state index is -2.30. The van der Waals surface area contributed by atoms with E-state index in [9.17, 15) is 15.0 Å². The topological polar surface area (TPSA) is 69.9 Å². The van der Waals surface area contributed by atoms with Crippen LogP contribution in [0.4, 0.5) is 0 Å². The molecule has 1 aliphatic rings. The largest absolute Gasteiger partial charge is 0.432 e. The smallest absolute Gasteiger partial charge is 0.192 e. The van der Waals surface area contributed by atoms with Gasteiger partial charge in [-0.1, -0.05) is 34.6 Å². The van der Waals surface area contributed by atoms with Crippen molar-refractivity contribution < 1.29 is 19.4 Å². The van der Waals surface area contributed by atoms with Crippen LogP contribution < -0.4 is 0 Å². The van der Waals surface area contributed by atoms with Crippen LogP contribution >= 0.6 is 0 Å². The number of aliphatic hydroxyl groups is 2. The minimum absolute atomic E-state index is 0.0175. The second-order valence-corrected chi connectivity index (χ2v) is 20.3. The molecule has 1 aliphatic carbocycles. The zero-order valence-electron chi connectivity index (χ0n) is 17.9. The van der Waals surface area contributed by atoms with Crippen molar-refractivity contribution in [2.75, 3.05) is 6.61 Å². The van der Waals surface area contributed by atoms with Crippen LogP contribution in [0.2, 0.25) is 36.3 Å². The predicted molar refractivity (Wildman–Crippen MR) is 110 cm³/mol. The number of rotatable bonds is 6. The average Bonchev–Trinajstić information content (AvgIpc) is 2.34. The van der Waals surface area contributed by atoms with E-state index in [2.05, 4.69) is 47.7 Å². The van der Waals surface area contributed by atoms with E-state index in [0.717, 1.165) is 12.8 Å². The highest BCUT2D eigenvalue weighted by atomic mass is 28.4. The molecule has 25 heavy (non-hydrogen) atoms. The van der Waals surface area contributed by atoms with E-state index in [1.54, 1.807) is 0 Å². The first kappa shape index (κ1) is 23.3. The van der Waals surface area contributed by atoms with Crippen molar-refractivity contribution in [3.8, 4) is 0 Å². The first-order chi connectivity index (χ1) is 10.9. The molecule has 1 unspecified atom stereocenters. The van der Waals surface area contributed by atoms with E-state index in [4.69, 9.17) is 4.43 Å². The van der Waals surface area contributed by atoms with Crippen LogP contribution in [0.3, 0.4) is 0 Å². The van der Waals surface area contributed by atoms with Gasteiger partial charge in [0.15, 0.2) is 16.6 Å². The highest BCUT2D eigenvalue weighted by molar-refractivity contribution is 6.74. The van der Waals surface area contributed by atoms with Crippen molar-refractivity contribution in [3.63, 3.8) is 0 Å². The zero-order valence-corrected chi connectivity index (χ0v) is 19.9. The zero-order chi connectivity index (χ0) is 19.9. The third-order valence-corrected chi connectivity index (χ3v) is 14.9. The molecule has 0 aliphatic heterocycles. The van der Waals surface area contributed by atoms with E-state index in [-0.39, 0.29) is 28.7 Å². The van der Waals surface area contributed by atoms with Gasteiger partial charge in [-0.25, -0.2) is 0 Å². The van der Waals surface area contributed by atoms with Gasteiger partial charge in [0.2, 0.25) is 0 Å². The summed E-state index contributed by atoms with van der Waals surface area (Å²) in [5, 5.41) is 20.6. The van der Waals surface area contributed by atoms with Gasteiger partial charge in [0.1, 0.15) is 0 Å². The lowest BCUT2D eigenvalue weighted by Gasteiger charge is -2.47. The van der Waals surface area contributed by atoms with E-state index in [0.29, 0.717) is 12.8 Å². The minimum Gasteiger partial charge on any atom is -0.432 e. The third-order valence-electron chi connectivity index (χ3n) is 6.89. The van der Waals surface area contributed by atoms with Crippen LogP contribution in [0.25, 0.3) is 0 Å². The molecule has 3 atom stereocenters. The summed E-state index contributed by atoms with van der Waals surface area (Å²) in [7, 11) is -4.23. The van der Waals surface area contributed by atoms with Crippen molar-refractivity contribution in [1.29, 1.82) is 0 Å². The normalized spacial score (nSPS) is 29.8. The molecule has 4 nitrogen and oxygen atoms in total. The SMILES string of the molecule is CC(C)(CC1C[C@H](O[Si](C)(C)C(C)(C)C)C[C@](O)(CO)C1)[Si](C)(C)O. The molecule has 3 N–H and O–H groups in total. The summed E-state index contributed by atoms with van der Waals surface area (Å²) in [4.78, 5) is 10.6. The van der Waals surface area contributed by atoms with Crippen molar-refractivity contribution >= 4 is 16.6 Å². The summed E-state index contributed by atoms with van der Waals surface area (Å²) in [6.07, 6.45) is 2.85. The van der Waals surface area contributed by atoms with Gasteiger partial charge in [0, 0.05) is 12.5 Å². The molecule has 0 heterocycles. The highest BCUT2D eigenvalue weighted by Crippen LogP contribution is 2.48. The predicted octanol–water partition coefficient (Wildman–Crippen LogP) is 4.27. The summed E-state index contributed by atoms with van der Waals surface area (Å²) >= 11 is 0. The maximum absolute atomic E-state index is 10.9. The molecule has 1 saturated carbocycles. The Morgan fingerprint density at radius 2 is 1.56 bits per heavy atom. The molecular weight excluding hydrogens is 348 g/mol. The van der Waals surface area contributed by atoms with Gasteiger partial charge >= 0.3 is 0 Å². The van der Waals surface area contributed by atoms with E-state index in [1.165, 1.54) is 0 Å². The molecule has 0 radical (unpaired) electrons. The molecule has 6 heteroatoms. The molecule has 1 rings (SSSR count). The van der Waals surface area contributed by atoms with Gasteiger partial charge in [0.25, 0.3) is 0 Å². The Labute approximate surface area is 157 Å². The summed E-state index contributed by atoms with van der Waals surface area (Å²) in [6, 6.07) is 0. The molecule has 1 fully saturated rings. The lowest BCUT2D eigenvalue weighted by Crippen LogP contribution is -2.51. The molecule has 0 saturated heterocycles. The number of aliphatic hydroxyl groups excluding tert-OH is 1. The summed E-state index contributed by atoms with van der Waals surface area (Å²) in [5.41, 5.74) is -1.06. The molecular formula is C19H42O4Si2. The second kappa shape index (κ2) is 7.36. The average molecular weight is 391 g/mol. The fraction of sp³-hybridized carbons (Fsp3) is 1.00. The number of hydrogen-bond acceptors (Lipinski definition) is 4. The maximum atomic E-state index is 10.9. The molecule has 0 spiro atoms. The van der Waals surface area contributed by atoms with Crippen molar-refractivity contribution in [2.45, 2.75) is 108 Å². The molecule has 0 aromatic heterocycles. The van der Waals surface area contributed by atoms with Crippen LogP contribution in [0.5, 0.6) is 0 Å². The van der Waals surface area contributed by atoms with Crippen LogP contribution in [0, 0.1) is 5.92 Å². The van der Waals surface area contributed by atoms with Crippen molar-refractivity contribution in [1.82, 2.24) is 0 Å². The Kier molecular flexibility index (Phi) is 6.86. The maximum Gasteiger partial charge on any atom is 0.192 e. The highest BCUT2D eigenvalue weighted by Gasteiger charge is 2.47. The van der Waals surface area contributed by atoms with Gasteiger partial charge < -0.3 is 19.4 Å². The first-order valence-corrected chi connectivity index (χ1v) is 15.5. The number of hydrogen-bond donors (Lipinski definition) is 3. The summed E-state index contributed by atoms with van der Waals surface area (Å²) in [6.45, 7) is 19.2. The molecule has 0 amide bonds. The lowest BCUT2D eigenvalue weighted by molar-refractivity contribution is -0.0933. The standard InChI is InChI=1S/C19H42O4Si2/c1-17(2,3)25(8,9)23-16-10-15(12-19(21,13-16)14-20)11-18(4,5)24(6,7)22/h15-16,20-22H,10-14H2,1-9H3/t15?,16-,19-/m0/s1. The molecule has 0 bridgehead atoms. The van der Waals surface area contributed by atoms with Gasteiger partial charge in [-0.05, 0) is 61.4 Å². The monoisotopic (exact) mass is 390 g/mol. The Morgan fingerprint density at radius 3 is 1.96 bits per heavy atom. The molecule has 150 valence electrons. The second-order valence-electron chi connectivity index (χ2n) is 11.0. The Balaban J connectivity index is 2.96. The van der Waals surface area contributed by atoms with Gasteiger partial charge in [-0.3, -0.25) is 0 Å². The fourth-order valence-corrected chi connectivity index (χ4v) is 5.68. The quantitative estimate of drug-likeness (QED) is 0.592. The summed E-state index contributed by atoms with van der Waals surface area (Å²) in [5.74, 6) is 0.259. The van der Waals surface area contributed by atoms with E-state index < -0.39 is 22.2 Å². The lowest BCUT2D eigenvalue weighted by atomic mass is 9.74. The Hall–Kier alpha value is 0.274. The van der Waals surface area contributed by atoms with Crippen LogP contribution in [0.1, 0.15) is 60.3 Å². The van der Waals surface area contributed by atoms with Crippen LogP contribution in [0.15, 0.2) is 0 Å². The van der Waals surface area contributed by atoms with Crippen LogP contribution in [-0.2, 0) is 4.43 Å². The van der Waals surface area contributed by atoms with Gasteiger partial charge in [-0.15, -0.1) is 0 Å². The van der Waals surface area contributed by atoms with Crippen molar-refractivity contribution in [2.24, 2.45) is 5.92 Å². The first-order valence-electron chi connectivity index (χ1n) is 9.66. The van der Waals surface area contributed by atoms with E-state index in [1.807, 2.05) is 13.1 Å². The molecule has 0 aromatic carbocycles. The molecule has 0 aromatic rings. The van der Waals surface area contributed by atoms with Crippen LogP contribution in [-0.4, -0.2) is 50.0 Å².